The lowest BCUT2D eigenvalue weighted by Gasteiger charge is -2.41. The molecule has 1 aliphatic heterocycles. The minimum Gasteiger partial charge on any atom is -0.454 e. The van der Waals surface area contributed by atoms with E-state index in [4.69, 9.17) is 14.2 Å². The summed E-state index contributed by atoms with van der Waals surface area (Å²) in [6, 6.07) is -1.03. The Kier molecular flexibility index (Phi) is 61.2. The standard InChI is InChI=1S/C78H139NO10/c1-4-7-10-13-16-19-22-25-27-29-31-33-34-35-36-37-39-40-42-44-47-50-53-56-59-62-65-71(82)77(86)79-69(70(81)64-61-58-55-52-49-46-24-21-18-15-12-9-6-3)68-87-78-76(75(85)74(84)72(67-80)88-78)89-73(83)66-63-60-57-54-51-48-45-43-41-38-32-30-28-26-23-20-17-14-11-8-5-2/h7,10,16,19,25-28,31,33,35-36,61,64,69-72,74-76,78,80-82,84-85H,4-6,8-9,11-15,17-18,20-24,29-30,32,34,37-60,62-63,65-68H2,1-3H3,(H,79,86)/b10-7-,19-16-,27-25-,28-26+,33-31-,36-35-,64-61+. The van der Waals surface area contributed by atoms with Crippen LogP contribution in [-0.4, -0.2) is 99.6 Å². The second-order valence-electron chi connectivity index (χ2n) is 25.6. The van der Waals surface area contributed by atoms with E-state index in [1.807, 2.05) is 6.08 Å². The van der Waals surface area contributed by atoms with Gasteiger partial charge in [0.15, 0.2) is 12.4 Å². The van der Waals surface area contributed by atoms with E-state index in [1.54, 1.807) is 6.08 Å². The Morgan fingerprint density at radius 3 is 1.22 bits per heavy atom. The summed E-state index contributed by atoms with van der Waals surface area (Å²) in [5.74, 6) is -1.19. The van der Waals surface area contributed by atoms with E-state index in [0.29, 0.717) is 12.8 Å². The molecule has 0 aromatic rings. The molecule has 0 bridgehead atoms. The molecule has 8 atom stereocenters. The van der Waals surface area contributed by atoms with Crippen molar-refractivity contribution in [2.45, 2.75) is 384 Å². The molecule has 1 amide bonds. The molecule has 0 aliphatic carbocycles. The molecule has 0 spiro atoms. The topological polar surface area (TPSA) is 175 Å². The maximum atomic E-state index is 13.5. The first kappa shape index (κ1) is 83.9. The first-order valence-corrected chi connectivity index (χ1v) is 37.4. The SMILES string of the molecule is CC/C=C\C/C=C\C/C=C\C/C=C\C/C=C\CCCCCCCCCCCCC(O)C(=O)NC(COC1OC(CO)C(O)C(O)C1OC(=O)CCCCCCCCCCCCC/C=C/CCCCCCCC)C(O)/C=C/CCCCCCCCCCCCC. The largest absolute Gasteiger partial charge is 0.454 e. The van der Waals surface area contributed by atoms with Crippen LogP contribution in [0, 0.1) is 0 Å². The van der Waals surface area contributed by atoms with E-state index >= 15 is 0 Å². The van der Waals surface area contributed by atoms with Crippen LogP contribution >= 0.6 is 0 Å². The van der Waals surface area contributed by atoms with Crippen LogP contribution in [0.5, 0.6) is 0 Å². The summed E-state index contributed by atoms with van der Waals surface area (Å²) >= 11 is 0. The van der Waals surface area contributed by atoms with Gasteiger partial charge in [-0.05, 0) is 96.3 Å². The number of hydrogen-bond donors (Lipinski definition) is 6. The van der Waals surface area contributed by atoms with E-state index in [9.17, 15) is 35.1 Å². The van der Waals surface area contributed by atoms with Gasteiger partial charge in [-0.3, -0.25) is 9.59 Å². The molecule has 1 fully saturated rings. The third kappa shape index (κ3) is 52.0. The second-order valence-corrected chi connectivity index (χ2v) is 25.6. The molecule has 0 aromatic heterocycles. The van der Waals surface area contributed by atoms with Crippen LogP contribution in [0.1, 0.15) is 335 Å². The van der Waals surface area contributed by atoms with E-state index in [-0.39, 0.29) is 19.4 Å². The van der Waals surface area contributed by atoms with E-state index in [0.717, 1.165) is 96.3 Å². The highest BCUT2D eigenvalue weighted by Crippen LogP contribution is 2.26. The molecule has 1 saturated heterocycles. The predicted molar refractivity (Wildman–Crippen MR) is 375 cm³/mol. The smallest absolute Gasteiger partial charge is 0.306 e. The molecule has 11 nitrogen and oxygen atoms in total. The third-order valence-electron chi connectivity index (χ3n) is 17.3. The van der Waals surface area contributed by atoms with Crippen LogP contribution in [-0.2, 0) is 23.8 Å². The Balaban J connectivity index is 2.56. The number of amides is 1. The van der Waals surface area contributed by atoms with Gasteiger partial charge in [0.1, 0.15) is 24.4 Å². The van der Waals surface area contributed by atoms with Gasteiger partial charge in [0.05, 0.1) is 25.4 Å². The van der Waals surface area contributed by atoms with Crippen molar-refractivity contribution in [3.63, 3.8) is 0 Å². The number of nitrogens with one attached hydrogen (secondary N) is 1. The average molecular weight is 1250 g/mol. The number of unbranched alkanes of at least 4 members (excludes halogenated alkanes) is 38. The molecular formula is C78H139NO10. The normalized spacial score (nSPS) is 18.6. The van der Waals surface area contributed by atoms with Gasteiger partial charge in [-0.15, -0.1) is 0 Å². The number of esters is 1. The lowest BCUT2D eigenvalue weighted by Crippen LogP contribution is -2.61. The fraction of sp³-hybridized carbons (Fsp3) is 0.795. The maximum Gasteiger partial charge on any atom is 0.306 e. The molecule has 1 aliphatic rings. The van der Waals surface area contributed by atoms with Crippen molar-refractivity contribution in [2.75, 3.05) is 13.2 Å². The summed E-state index contributed by atoms with van der Waals surface area (Å²) in [5.41, 5.74) is 0. The van der Waals surface area contributed by atoms with Gasteiger partial charge in [-0.1, -0.05) is 318 Å². The van der Waals surface area contributed by atoms with Crippen LogP contribution in [0.4, 0.5) is 0 Å². The number of aliphatic hydroxyl groups excluding tert-OH is 5. The zero-order chi connectivity index (χ0) is 64.6. The monoisotopic (exact) mass is 1250 g/mol. The van der Waals surface area contributed by atoms with E-state index in [2.05, 4.69) is 99.0 Å². The Labute approximate surface area is 546 Å². The molecule has 0 radical (unpaired) electrons. The van der Waals surface area contributed by atoms with Gasteiger partial charge in [-0.25, -0.2) is 0 Å². The van der Waals surface area contributed by atoms with E-state index in [1.165, 1.54) is 193 Å². The summed E-state index contributed by atoms with van der Waals surface area (Å²) in [4.78, 5) is 26.7. The minimum atomic E-state index is -1.62. The van der Waals surface area contributed by atoms with Gasteiger partial charge in [0, 0.05) is 6.42 Å². The van der Waals surface area contributed by atoms with Gasteiger partial charge in [-0.2, -0.15) is 0 Å². The van der Waals surface area contributed by atoms with Crippen molar-refractivity contribution >= 4 is 11.9 Å². The van der Waals surface area contributed by atoms with Crippen molar-refractivity contribution in [1.29, 1.82) is 0 Å². The van der Waals surface area contributed by atoms with Crippen LogP contribution in [0.3, 0.4) is 0 Å². The van der Waals surface area contributed by atoms with Gasteiger partial charge in [0.2, 0.25) is 5.91 Å². The zero-order valence-corrected chi connectivity index (χ0v) is 57.5. The Hall–Kier alpha value is -3.16. The van der Waals surface area contributed by atoms with Gasteiger partial charge < -0.3 is 45.1 Å². The molecule has 1 heterocycles. The number of carbonyl (C=O) groups excluding carboxylic acids is 2. The third-order valence-corrected chi connectivity index (χ3v) is 17.3. The van der Waals surface area contributed by atoms with Crippen molar-refractivity contribution in [1.82, 2.24) is 5.32 Å². The summed E-state index contributed by atoms with van der Waals surface area (Å²) in [6.45, 7) is 5.72. The van der Waals surface area contributed by atoms with Crippen molar-refractivity contribution in [3.05, 3.63) is 85.1 Å². The first-order valence-electron chi connectivity index (χ1n) is 37.4. The van der Waals surface area contributed by atoms with Gasteiger partial charge in [0.25, 0.3) is 0 Å². The highest BCUT2D eigenvalue weighted by atomic mass is 16.7. The molecule has 516 valence electrons. The summed E-state index contributed by atoms with van der Waals surface area (Å²) in [5, 5.41) is 57.4. The number of allylic oxidation sites excluding steroid dienone is 13. The van der Waals surface area contributed by atoms with Crippen LogP contribution in [0.25, 0.3) is 0 Å². The molecular weight excluding hydrogens is 1110 g/mol. The second kappa shape index (κ2) is 64.9. The van der Waals surface area contributed by atoms with Crippen molar-refractivity contribution in [3.8, 4) is 0 Å². The zero-order valence-electron chi connectivity index (χ0n) is 57.5. The average Bonchev–Trinajstić information content (AvgIpc) is 3.11. The molecule has 1 rings (SSSR count). The molecule has 8 unspecified atom stereocenters. The number of aliphatic hydroxyl groups is 5. The minimum absolute atomic E-state index is 0.122. The molecule has 89 heavy (non-hydrogen) atoms. The Bertz CT molecular complexity index is 1780. The first-order chi connectivity index (χ1) is 43.7. The summed E-state index contributed by atoms with van der Waals surface area (Å²) in [7, 11) is 0. The fourth-order valence-corrected chi connectivity index (χ4v) is 11.4. The van der Waals surface area contributed by atoms with E-state index < -0.39 is 67.4 Å². The lowest BCUT2D eigenvalue weighted by atomic mass is 9.99. The quantitative estimate of drug-likeness (QED) is 0.0195. The lowest BCUT2D eigenvalue weighted by molar-refractivity contribution is -0.305. The van der Waals surface area contributed by atoms with Gasteiger partial charge >= 0.3 is 5.97 Å². The van der Waals surface area contributed by atoms with Crippen LogP contribution in [0.15, 0.2) is 85.1 Å². The van der Waals surface area contributed by atoms with Crippen LogP contribution in [0.2, 0.25) is 0 Å². The summed E-state index contributed by atoms with van der Waals surface area (Å²) in [6.07, 6.45) is 76.2. The maximum absolute atomic E-state index is 13.5. The number of carbonyl (C=O) groups is 2. The number of hydrogen-bond acceptors (Lipinski definition) is 10. The predicted octanol–water partition coefficient (Wildman–Crippen LogP) is 19.6. The highest BCUT2D eigenvalue weighted by Gasteiger charge is 2.47. The van der Waals surface area contributed by atoms with Crippen LogP contribution < -0.4 is 5.32 Å². The number of rotatable bonds is 64. The fourth-order valence-electron chi connectivity index (χ4n) is 11.4. The van der Waals surface area contributed by atoms with Crippen molar-refractivity contribution in [2.24, 2.45) is 0 Å². The van der Waals surface area contributed by atoms with Crippen molar-refractivity contribution < 1.29 is 49.3 Å². The summed E-state index contributed by atoms with van der Waals surface area (Å²) < 4.78 is 17.7. The number of ether oxygens (including phenoxy) is 3. The molecule has 6 N–H and O–H groups in total. The Morgan fingerprint density at radius 2 is 0.809 bits per heavy atom. The highest BCUT2D eigenvalue weighted by molar-refractivity contribution is 5.80. The molecule has 11 heteroatoms. The molecule has 0 saturated carbocycles. The molecule has 0 aromatic carbocycles. The Morgan fingerprint density at radius 1 is 0.449 bits per heavy atom.